The van der Waals surface area contributed by atoms with Crippen LogP contribution in [0, 0.1) is 12.7 Å². The highest BCUT2D eigenvalue weighted by atomic mass is 32.2. The number of hydrogen-bond donors (Lipinski definition) is 1. The molecule has 9 heteroatoms. The van der Waals surface area contributed by atoms with Crippen molar-refractivity contribution in [1.29, 1.82) is 0 Å². The molecule has 202 valence electrons. The van der Waals surface area contributed by atoms with Gasteiger partial charge < -0.3 is 10.2 Å². The summed E-state index contributed by atoms with van der Waals surface area (Å²) in [6.45, 7) is 5.32. The first kappa shape index (κ1) is 28.8. The summed E-state index contributed by atoms with van der Waals surface area (Å²) in [5, 5.41) is 2.76. The monoisotopic (exact) mass is 539 g/mol. The quantitative estimate of drug-likeness (QED) is 0.372. The molecule has 1 atom stereocenters. The van der Waals surface area contributed by atoms with Crippen LogP contribution in [0.15, 0.2) is 83.8 Å². The second kappa shape index (κ2) is 13.2. The molecule has 0 spiro atoms. The summed E-state index contributed by atoms with van der Waals surface area (Å²) in [6, 6.07) is 20.3. The number of para-hydroxylation sites is 1. The van der Waals surface area contributed by atoms with Crippen LogP contribution in [0.4, 0.5) is 10.1 Å². The number of nitrogens with zero attached hydrogens (tertiary/aromatic N) is 2. The van der Waals surface area contributed by atoms with E-state index in [1.54, 1.807) is 26.0 Å². The minimum absolute atomic E-state index is 0.0641. The van der Waals surface area contributed by atoms with Gasteiger partial charge in [0.25, 0.3) is 10.0 Å². The molecule has 0 aliphatic rings. The van der Waals surface area contributed by atoms with Crippen LogP contribution in [0.3, 0.4) is 0 Å². The molecule has 7 nitrogen and oxygen atoms in total. The maximum absolute atomic E-state index is 14.9. The molecule has 0 bridgehead atoms. The lowest BCUT2D eigenvalue weighted by molar-refractivity contribution is -0.139. The number of anilines is 1. The summed E-state index contributed by atoms with van der Waals surface area (Å²) in [4.78, 5) is 28.0. The molecule has 0 unspecified atom stereocenters. The van der Waals surface area contributed by atoms with Gasteiger partial charge in [-0.2, -0.15) is 0 Å². The van der Waals surface area contributed by atoms with Gasteiger partial charge in [-0.25, -0.2) is 12.8 Å². The zero-order valence-electron chi connectivity index (χ0n) is 21.9. The molecule has 3 aromatic carbocycles. The molecule has 1 N–H and O–H groups in total. The molecule has 3 rings (SSSR count). The van der Waals surface area contributed by atoms with Crippen molar-refractivity contribution in [2.24, 2.45) is 0 Å². The Balaban J connectivity index is 2.01. The Morgan fingerprint density at radius 3 is 2.16 bits per heavy atom. The van der Waals surface area contributed by atoms with Crippen molar-refractivity contribution in [2.75, 3.05) is 23.9 Å². The minimum Gasteiger partial charge on any atom is -0.355 e. The molecular weight excluding hydrogens is 505 g/mol. The summed E-state index contributed by atoms with van der Waals surface area (Å²) in [7, 11) is -4.31. The molecule has 38 heavy (non-hydrogen) atoms. The van der Waals surface area contributed by atoms with Gasteiger partial charge in [-0.05, 0) is 56.5 Å². The normalized spacial score (nSPS) is 12.0. The Hall–Kier alpha value is -3.72. The van der Waals surface area contributed by atoms with Crippen molar-refractivity contribution in [3.8, 4) is 0 Å². The SMILES string of the molecule is CCNC(=O)[C@@H](CC)N(CCc1ccccc1)C(=O)CN(c1ccccc1F)S(=O)(=O)c1ccc(C)cc1. The van der Waals surface area contributed by atoms with Gasteiger partial charge in [0.2, 0.25) is 11.8 Å². The van der Waals surface area contributed by atoms with E-state index < -0.39 is 34.3 Å². The van der Waals surface area contributed by atoms with Gasteiger partial charge in [-0.1, -0.05) is 67.1 Å². The Morgan fingerprint density at radius 1 is 0.921 bits per heavy atom. The maximum atomic E-state index is 14.9. The standard InChI is InChI=1S/C29H34FN3O4S/c1-4-26(29(35)31-5-2)32(20-19-23-11-7-6-8-12-23)28(34)21-33(27-14-10-9-13-25(27)30)38(36,37)24-17-15-22(3)16-18-24/h6-18,26H,4-5,19-21H2,1-3H3,(H,31,35)/t26-/m1/s1. The molecule has 0 saturated heterocycles. The lowest BCUT2D eigenvalue weighted by Crippen LogP contribution is -2.53. The van der Waals surface area contributed by atoms with Crippen molar-refractivity contribution in [3.63, 3.8) is 0 Å². The van der Waals surface area contributed by atoms with Gasteiger partial charge in [0, 0.05) is 13.1 Å². The highest BCUT2D eigenvalue weighted by Crippen LogP contribution is 2.27. The van der Waals surface area contributed by atoms with Crippen molar-refractivity contribution < 1.29 is 22.4 Å². The van der Waals surface area contributed by atoms with Crippen molar-refractivity contribution in [3.05, 3.63) is 95.8 Å². The van der Waals surface area contributed by atoms with E-state index in [1.165, 1.54) is 35.2 Å². The largest absolute Gasteiger partial charge is 0.355 e. The van der Waals surface area contributed by atoms with Crippen LogP contribution in [0.5, 0.6) is 0 Å². The Labute approximate surface area is 224 Å². The summed E-state index contributed by atoms with van der Waals surface area (Å²) in [5.41, 5.74) is 1.59. The number of benzene rings is 3. The molecular formula is C29H34FN3O4S. The number of likely N-dealkylation sites (N-methyl/N-ethyl adjacent to an activating group) is 1. The summed E-state index contributed by atoms with van der Waals surface area (Å²) >= 11 is 0. The number of hydrogen-bond acceptors (Lipinski definition) is 4. The minimum atomic E-state index is -4.31. The van der Waals surface area contributed by atoms with Crippen molar-refractivity contribution >= 4 is 27.5 Å². The number of carbonyl (C=O) groups excluding carboxylic acids is 2. The van der Waals surface area contributed by atoms with Gasteiger partial charge in [0.05, 0.1) is 10.6 Å². The molecule has 0 fully saturated rings. The Morgan fingerprint density at radius 2 is 1.55 bits per heavy atom. The second-order valence-corrected chi connectivity index (χ2v) is 10.8. The van der Waals surface area contributed by atoms with E-state index in [4.69, 9.17) is 0 Å². The van der Waals surface area contributed by atoms with E-state index in [0.717, 1.165) is 21.5 Å². The van der Waals surface area contributed by atoms with Crippen LogP contribution in [-0.4, -0.2) is 50.8 Å². The first-order chi connectivity index (χ1) is 18.2. The Bertz CT molecular complexity index is 1330. The first-order valence-electron chi connectivity index (χ1n) is 12.6. The number of rotatable bonds is 12. The third kappa shape index (κ3) is 6.98. The third-order valence-electron chi connectivity index (χ3n) is 6.23. The first-order valence-corrected chi connectivity index (χ1v) is 14.1. The van der Waals surface area contributed by atoms with Crippen LogP contribution in [0.25, 0.3) is 0 Å². The number of nitrogens with one attached hydrogen (secondary N) is 1. The van der Waals surface area contributed by atoms with E-state index >= 15 is 0 Å². The molecule has 0 radical (unpaired) electrons. The van der Waals surface area contributed by atoms with Crippen LogP contribution < -0.4 is 9.62 Å². The van der Waals surface area contributed by atoms with Crippen LogP contribution in [0.1, 0.15) is 31.4 Å². The van der Waals surface area contributed by atoms with Crippen LogP contribution in [0.2, 0.25) is 0 Å². The summed E-state index contributed by atoms with van der Waals surface area (Å²) < 4.78 is 43.2. The van der Waals surface area contributed by atoms with Crippen molar-refractivity contribution in [1.82, 2.24) is 10.2 Å². The number of halogens is 1. The van der Waals surface area contributed by atoms with E-state index in [0.29, 0.717) is 19.4 Å². The number of carbonyl (C=O) groups is 2. The number of aryl methyl sites for hydroxylation is 1. The molecule has 2 amide bonds. The fourth-order valence-electron chi connectivity index (χ4n) is 4.19. The predicted molar refractivity (Wildman–Crippen MR) is 147 cm³/mol. The average Bonchev–Trinajstić information content (AvgIpc) is 2.91. The molecule has 0 aliphatic carbocycles. The molecule has 0 aromatic heterocycles. The van der Waals surface area contributed by atoms with E-state index in [1.807, 2.05) is 37.3 Å². The maximum Gasteiger partial charge on any atom is 0.264 e. The van der Waals surface area contributed by atoms with Gasteiger partial charge in [0.15, 0.2) is 0 Å². The van der Waals surface area contributed by atoms with Gasteiger partial charge in [-0.3, -0.25) is 13.9 Å². The topological polar surface area (TPSA) is 86.8 Å². The molecule has 0 aliphatic heterocycles. The fourth-order valence-corrected chi connectivity index (χ4v) is 5.61. The third-order valence-corrected chi connectivity index (χ3v) is 8.00. The van der Waals surface area contributed by atoms with Gasteiger partial charge in [0.1, 0.15) is 18.4 Å². The predicted octanol–water partition coefficient (Wildman–Crippen LogP) is 4.32. The highest BCUT2D eigenvalue weighted by Gasteiger charge is 2.34. The van der Waals surface area contributed by atoms with Gasteiger partial charge >= 0.3 is 0 Å². The van der Waals surface area contributed by atoms with Gasteiger partial charge in [-0.15, -0.1) is 0 Å². The zero-order chi connectivity index (χ0) is 27.7. The number of sulfonamides is 1. The summed E-state index contributed by atoms with van der Waals surface area (Å²) in [6.07, 6.45) is 0.795. The lowest BCUT2D eigenvalue weighted by atomic mass is 10.1. The zero-order valence-corrected chi connectivity index (χ0v) is 22.7. The fraction of sp³-hybridized carbons (Fsp3) is 0.310. The molecule has 3 aromatic rings. The van der Waals surface area contributed by atoms with E-state index in [9.17, 15) is 22.4 Å². The lowest BCUT2D eigenvalue weighted by Gasteiger charge is -2.33. The van der Waals surface area contributed by atoms with E-state index in [2.05, 4.69) is 5.32 Å². The van der Waals surface area contributed by atoms with E-state index in [-0.39, 0.29) is 23.0 Å². The summed E-state index contributed by atoms with van der Waals surface area (Å²) in [5.74, 6) is -1.70. The second-order valence-electron chi connectivity index (χ2n) is 8.92. The van der Waals surface area contributed by atoms with Crippen LogP contribution >= 0.6 is 0 Å². The Kier molecular flexibility index (Phi) is 10.0. The van der Waals surface area contributed by atoms with Crippen LogP contribution in [-0.2, 0) is 26.0 Å². The molecule has 0 saturated carbocycles. The molecule has 0 heterocycles. The number of amides is 2. The smallest absolute Gasteiger partial charge is 0.264 e. The average molecular weight is 540 g/mol. The van der Waals surface area contributed by atoms with Crippen molar-refractivity contribution in [2.45, 2.75) is 44.6 Å². The highest BCUT2D eigenvalue weighted by molar-refractivity contribution is 7.92.